The molecule has 3 nitrogen and oxygen atoms in total. The molecule has 1 aliphatic rings. The summed E-state index contributed by atoms with van der Waals surface area (Å²) in [6.07, 6.45) is 4.08. The summed E-state index contributed by atoms with van der Waals surface area (Å²) in [5, 5.41) is 3.73. The first-order valence-corrected chi connectivity index (χ1v) is 8.78. The van der Waals surface area contributed by atoms with E-state index >= 15 is 0 Å². The summed E-state index contributed by atoms with van der Waals surface area (Å²) >= 11 is 12.4. The molecule has 0 radical (unpaired) electrons. The minimum atomic E-state index is -0.0206. The van der Waals surface area contributed by atoms with Gasteiger partial charge < -0.3 is 10.1 Å². The van der Waals surface area contributed by atoms with Crippen LogP contribution in [-0.2, 0) is 16.1 Å². The van der Waals surface area contributed by atoms with E-state index < -0.39 is 0 Å². The number of halogens is 2. The van der Waals surface area contributed by atoms with Crippen LogP contribution in [0.3, 0.4) is 0 Å². The normalized spacial score (nSPS) is 21.6. The van der Waals surface area contributed by atoms with Crippen molar-refractivity contribution in [1.82, 2.24) is 0 Å². The summed E-state index contributed by atoms with van der Waals surface area (Å²) in [6, 6.07) is 5.62. The Bertz CT molecular complexity index is 479. The van der Waals surface area contributed by atoms with E-state index in [0.29, 0.717) is 12.5 Å². The number of carbonyl (C=O) groups excluding carboxylic acids is 1. The van der Waals surface area contributed by atoms with E-state index in [0.717, 1.165) is 54.4 Å². The number of nitrogens with two attached hydrogens (primary N) is 1. The highest BCUT2D eigenvalue weighted by atomic mass is 35.5. The molecule has 22 heavy (non-hydrogen) atoms. The molecular weight excluding hydrogens is 321 g/mol. The van der Waals surface area contributed by atoms with E-state index in [1.54, 1.807) is 0 Å². The van der Waals surface area contributed by atoms with E-state index in [1.165, 1.54) is 0 Å². The Balaban J connectivity index is 1.72. The zero-order valence-corrected chi connectivity index (χ0v) is 14.5. The quantitative estimate of drug-likeness (QED) is 0.803. The van der Waals surface area contributed by atoms with E-state index in [1.807, 2.05) is 25.1 Å². The third-order valence-electron chi connectivity index (χ3n) is 4.38. The molecule has 122 valence electrons. The van der Waals surface area contributed by atoms with Gasteiger partial charge >= 0.3 is 5.97 Å². The number of benzene rings is 1. The standard InChI is InChI=1S/C17H23Cl2NO2/c1-2-22-17(21)13-8-6-12(7-9-13)10-20-11-14-15(18)4-3-5-16(14)19/h3-5,12-13,20H,2,6-11H2,1H3/p+1. The molecule has 1 aromatic carbocycles. The van der Waals surface area contributed by atoms with Crippen LogP contribution in [0.15, 0.2) is 18.2 Å². The largest absolute Gasteiger partial charge is 0.466 e. The lowest BCUT2D eigenvalue weighted by molar-refractivity contribution is -0.676. The van der Waals surface area contributed by atoms with Gasteiger partial charge in [0.1, 0.15) is 6.54 Å². The molecule has 1 aliphatic carbocycles. The Morgan fingerprint density at radius 3 is 2.45 bits per heavy atom. The van der Waals surface area contributed by atoms with Gasteiger partial charge in [0.15, 0.2) is 0 Å². The van der Waals surface area contributed by atoms with Crippen LogP contribution in [0.5, 0.6) is 0 Å². The minimum absolute atomic E-state index is 0.0206. The van der Waals surface area contributed by atoms with Gasteiger partial charge in [-0.2, -0.15) is 0 Å². The summed E-state index contributed by atoms with van der Waals surface area (Å²) in [5.74, 6) is 0.744. The van der Waals surface area contributed by atoms with Crippen molar-refractivity contribution in [3.63, 3.8) is 0 Å². The Morgan fingerprint density at radius 1 is 1.23 bits per heavy atom. The molecule has 1 saturated carbocycles. The lowest BCUT2D eigenvalue weighted by atomic mass is 9.82. The van der Waals surface area contributed by atoms with E-state index in [2.05, 4.69) is 5.32 Å². The Hall–Kier alpha value is -0.770. The molecule has 2 N–H and O–H groups in total. The lowest BCUT2D eigenvalue weighted by Crippen LogP contribution is -2.84. The molecule has 0 amide bonds. The zero-order chi connectivity index (χ0) is 15.9. The van der Waals surface area contributed by atoms with Crippen LogP contribution in [0, 0.1) is 11.8 Å². The number of ether oxygens (including phenoxy) is 1. The first kappa shape index (κ1) is 17.6. The molecule has 0 bridgehead atoms. The first-order chi connectivity index (χ1) is 10.6. The predicted molar refractivity (Wildman–Crippen MR) is 89.0 cm³/mol. The molecule has 2 rings (SSSR count). The van der Waals surface area contributed by atoms with Crippen molar-refractivity contribution in [3.05, 3.63) is 33.8 Å². The van der Waals surface area contributed by atoms with Gasteiger partial charge in [0.05, 0.1) is 29.1 Å². The van der Waals surface area contributed by atoms with E-state index in [9.17, 15) is 4.79 Å². The van der Waals surface area contributed by atoms with E-state index in [-0.39, 0.29) is 11.9 Å². The maximum absolute atomic E-state index is 11.7. The third-order valence-corrected chi connectivity index (χ3v) is 5.09. The molecule has 0 unspecified atom stereocenters. The van der Waals surface area contributed by atoms with Gasteiger partial charge in [-0.3, -0.25) is 4.79 Å². The van der Waals surface area contributed by atoms with Gasteiger partial charge in [-0.15, -0.1) is 0 Å². The van der Waals surface area contributed by atoms with Crippen molar-refractivity contribution < 1.29 is 14.8 Å². The second-order valence-corrected chi connectivity index (χ2v) is 6.71. The highest BCUT2D eigenvalue weighted by molar-refractivity contribution is 6.35. The molecule has 0 aliphatic heterocycles. The average Bonchev–Trinajstić information content (AvgIpc) is 2.51. The zero-order valence-electron chi connectivity index (χ0n) is 13.0. The fourth-order valence-corrected chi connectivity index (χ4v) is 3.64. The summed E-state index contributed by atoms with van der Waals surface area (Å²) in [7, 11) is 0. The topological polar surface area (TPSA) is 42.9 Å². The van der Waals surface area contributed by atoms with Crippen molar-refractivity contribution in [2.75, 3.05) is 13.2 Å². The smallest absolute Gasteiger partial charge is 0.308 e. The second-order valence-electron chi connectivity index (χ2n) is 5.90. The highest BCUT2D eigenvalue weighted by Gasteiger charge is 2.27. The molecule has 5 heteroatoms. The maximum Gasteiger partial charge on any atom is 0.308 e. The fraction of sp³-hybridized carbons (Fsp3) is 0.588. The van der Waals surface area contributed by atoms with Gasteiger partial charge in [-0.1, -0.05) is 29.3 Å². The van der Waals surface area contributed by atoms with Crippen LogP contribution in [0.1, 0.15) is 38.2 Å². The number of rotatable bonds is 6. The predicted octanol–water partition coefficient (Wildman–Crippen LogP) is 3.43. The monoisotopic (exact) mass is 344 g/mol. The Labute approximate surface area is 142 Å². The molecular formula is C17H24Cl2NO2+. The molecule has 1 aromatic rings. The van der Waals surface area contributed by atoms with Crippen LogP contribution in [-0.4, -0.2) is 19.1 Å². The molecule has 0 aromatic heterocycles. The average molecular weight is 345 g/mol. The lowest BCUT2D eigenvalue weighted by Gasteiger charge is -2.26. The molecule has 0 saturated heterocycles. The van der Waals surface area contributed by atoms with Crippen LogP contribution < -0.4 is 5.32 Å². The second kappa shape index (κ2) is 8.76. The van der Waals surface area contributed by atoms with Gasteiger partial charge in [-0.05, 0) is 44.7 Å². The maximum atomic E-state index is 11.7. The Kier molecular flexibility index (Phi) is 7.00. The molecule has 0 atom stereocenters. The summed E-state index contributed by atoms with van der Waals surface area (Å²) in [6.45, 7) is 4.19. The van der Waals surface area contributed by atoms with Crippen molar-refractivity contribution in [2.45, 2.75) is 39.2 Å². The number of hydrogen-bond acceptors (Lipinski definition) is 2. The first-order valence-electron chi connectivity index (χ1n) is 8.03. The Morgan fingerprint density at radius 2 is 1.86 bits per heavy atom. The molecule has 0 heterocycles. The molecule has 1 fully saturated rings. The summed E-state index contributed by atoms with van der Waals surface area (Å²) < 4.78 is 5.11. The van der Waals surface area contributed by atoms with Crippen LogP contribution in [0.2, 0.25) is 10.0 Å². The summed E-state index contributed by atoms with van der Waals surface area (Å²) in [4.78, 5) is 11.7. The number of quaternary nitrogens is 1. The SMILES string of the molecule is CCOC(=O)C1CCC(C[NH2+]Cc2c(Cl)cccc2Cl)CC1. The van der Waals surface area contributed by atoms with Crippen LogP contribution in [0.4, 0.5) is 0 Å². The number of hydrogen-bond donors (Lipinski definition) is 1. The van der Waals surface area contributed by atoms with Crippen molar-refractivity contribution >= 4 is 29.2 Å². The van der Waals surface area contributed by atoms with Gasteiger partial charge in [-0.25, -0.2) is 0 Å². The fourth-order valence-electron chi connectivity index (χ4n) is 3.08. The third kappa shape index (κ3) is 4.87. The summed E-state index contributed by atoms with van der Waals surface area (Å²) in [5.41, 5.74) is 1.01. The van der Waals surface area contributed by atoms with Crippen LogP contribution >= 0.6 is 23.2 Å². The van der Waals surface area contributed by atoms with E-state index in [4.69, 9.17) is 27.9 Å². The number of carbonyl (C=O) groups is 1. The van der Waals surface area contributed by atoms with Gasteiger partial charge in [0.25, 0.3) is 0 Å². The molecule has 0 spiro atoms. The van der Waals surface area contributed by atoms with Gasteiger partial charge in [0, 0.05) is 11.5 Å². The highest BCUT2D eigenvalue weighted by Crippen LogP contribution is 2.29. The van der Waals surface area contributed by atoms with Crippen LogP contribution in [0.25, 0.3) is 0 Å². The van der Waals surface area contributed by atoms with Crippen molar-refractivity contribution in [2.24, 2.45) is 11.8 Å². The van der Waals surface area contributed by atoms with Crippen molar-refractivity contribution in [1.29, 1.82) is 0 Å². The number of esters is 1. The van der Waals surface area contributed by atoms with Gasteiger partial charge in [0.2, 0.25) is 0 Å². The van der Waals surface area contributed by atoms with Crippen molar-refractivity contribution in [3.8, 4) is 0 Å². The minimum Gasteiger partial charge on any atom is -0.466 e.